The molecule has 8 nitrogen and oxygen atoms in total. The number of ketones is 2. The number of aliphatic hydroxyl groups is 2. The van der Waals surface area contributed by atoms with E-state index in [2.05, 4.69) is 0 Å². The molecule has 2 fully saturated rings. The fourth-order valence-electron chi connectivity index (χ4n) is 4.70. The molecule has 178 valence electrons. The fourth-order valence-corrected chi connectivity index (χ4v) is 4.70. The summed E-state index contributed by atoms with van der Waals surface area (Å²) in [6.45, 7) is 9.13. The maximum Gasteiger partial charge on any atom is 0.189 e. The monoisotopic (exact) mass is 450 g/mol. The molecule has 1 aromatic carbocycles. The van der Waals surface area contributed by atoms with Crippen molar-refractivity contribution in [2.75, 3.05) is 0 Å². The molecule has 4 N–H and O–H groups in total. The first-order valence-electron chi connectivity index (χ1n) is 11.3. The average Bonchev–Trinajstić information content (AvgIpc) is 3.47. The van der Waals surface area contributed by atoms with Crippen molar-refractivity contribution in [2.45, 2.75) is 84.1 Å². The summed E-state index contributed by atoms with van der Waals surface area (Å²) in [5, 5.41) is 41.9. The van der Waals surface area contributed by atoms with E-state index in [-0.39, 0.29) is 41.3 Å². The predicted octanol–water partition coefficient (Wildman–Crippen LogP) is 2.80. The quantitative estimate of drug-likeness (QED) is 0.270. The van der Waals surface area contributed by atoms with Crippen molar-refractivity contribution < 1.29 is 39.5 Å². The number of carbonyl (C=O) groups excluding carboxylic acids is 2. The number of ether oxygens (including phenoxy) is 2. The fraction of sp³-hybridized carbons (Fsp3) is 0.667. The topological polar surface area (TPSA) is 137 Å². The maximum absolute atomic E-state index is 13.6. The van der Waals surface area contributed by atoms with Gasteiger partial charge in [0.2, 0.25) is 0 Å². The predicted molar refractivity (Wildman–Crippen MR) is 116 cm³/mol. The summed E-state index contributed by atoms with van der Waals surface area (Å²) in [5.74, 6) is -3.05. The first-order chi connectivity index (χ1) is 14.9. The Labute approximate surface area is 188 Å². The lowest BCUT2D eigenvalue weighted by Gasteiger charge is -2.39. The molecule has 8 heteroatoms. The van der Waals surface area contributed by atoms with Crippen LogP contribution in [0.5, 0.6) is 11.5 Å². The smallest absolute Gasteiger partial charge is 0.189 e. The largest absolute Gasteiger partial charge is 0.504 e. The van der Waals surface area contributed by atoms with Gasteiger partial charge < -0.3 is 29.9 Å². The summed E-state index contributed by atoms with van der Waals surface area (Å²) in [5.41, 5.74) is -1.22. The van der Waals surface area contributed by atoms with Crippen LogP contribution in [0.3, 0.4) is 0 Å². The molecule has 0 aromatic heterocycles. The molecule has 2 aliphatic heterocycles. The molecule has 2 heterocycles. The minimum atomic E-state index is -1.39. The second-order valence-electron chi connectivity index (χ2n) is 9.66. The van der Waals surface area contributed by atoms with Gasteiger partial charge in [-0.1, -0.05) is 34.6 Å². The van der Waals surface area contributed by atoms with Crippen LogP contribution in [-0.4, -0.2) is 62.2 Å². The summed E-state index contributed by atoms with van der Waals surface area (Å²) in [4.78, 5) is 26.0. The van der Waals surface area contributed by atoms with Crippen LogP contribution in [0.4, 0.5) is 0 Å². The SMILES string of the molecule is CC[C@@H]1O[C@]12[C@H](O)C[C@H](C(CC(C)C)C(=O)c1cc(C(=O)C(C)C)cc(O)c1O)O[C@H]2O. The molecule has 32 heavy (non-hydrogen) atoms. The Morgan fingerprint density at radius 3 is 2.28 bits per heavy atom. The van der Waals surface area contributed by atoms with E-state index in [1.807, 2.05) is 20.8 Å². The van der Waals surface area contributed by atoms with Crippen molar-refractivity contribution >= 4 is 11.6 Å². The minimum absolute atomic E-state index is 0.0644. The van der Waals surface area contributed by atoms with Gasteiger partial charge >= 0.3 is 0 Å². The average molecular weight is 451 g/mol. The number of hydrogen-bond acceptors (Lipinski definition) is 8. The van der Waals surface area contributed by atoms with Crippen LogP contribution in [-0.2, 0) is 9.47 Å². The number of phenolic OH excluding ortho intramolecular Hbond substituents is 2. The van der Waals surface area contributed by atoms with Gasteiger partial charge in [-0.15, -0.1) is 0 Å². The van der Waals surface area contributed by atoms with Gasteiger partial charge in [0.1, 0.15) is 0 Å². The van der Waals surface area contributed by atoms with Crippen molar-refractivity contribution in [3.63, 3.8) is 0 Å². The molecule has 1 spiro atoms. The maximum atomic E-state index is 13.6. The van der Waals surface area contributed by atoms with Gasteiger partial charge in [-0.05, 0) is 30.9 Å². The normalized spacial score (nSPS) is 30.7. The molecule has 2 aliphatic rings. The third kappa shape index (κ3) is 4.29. The number of epoxide rings is 1. The van der Waals surface area contributed by atoms with E-state index in [1.165, 1.54) is 6.07 Å². The van der Waals surface area contributed by atoms with Crippen LogP contribution in [0.15, 0.2) is 12.1 Å². The Morgan fingerprint density at radius 2 is 1.78 bits per heavy atom. The number of phenols is 2. The third-order valence-electron chi connectivity index (χ3n) is 6.50. The minimum Gasteiger partial charge on any atom is -0.504 e. The van der Waals surface area contributed by atoms with E-state index in [4.69, 9.17) is 9.47 Å². The van der Waals surface area contributed by atoms with Gasteiger partial charge in [0.15, 0.2) is 35.0 Å². The molecule has 6 atom stereocenters. The Morgan fingerprint density at radius 1 is 1.12 bits per heavy atom. The standard InChI is InChI=1S/C24H34O8/c1-6-19-24(32-19)18(26)10-17(31-23(24)30)14(7-11(2)3)21(28)15-8-13(20(27)12(4)5)9-16(25)22(15)29/h8-9,11-12,14,17-19,23,25-26,29-30H,6-7,10H2,1-5H3/t14?,17-,18-,19+,23-,24-/m1/s1. The first-order valence-corrected chi connectivity index (χ1v) is 11.3. The Balaban J connectivity index is 1.94. The van der Waals surface area contributed by atoms with Crippen LogP contribution < -0.4 is 0 Å². The molecular weight excluding hydrogens is 416 g/mol. The van der Waals surface area contributed by atoms with Crippen molar-refractivity contribution in [3.05, 3.63) is 23.3 Å². The molecule has 2 saturated heterocycles. The molecule has 0 bridgehead atoms. The van der Waals surface area contributed by atoms with Gasteiger partial charge in [-0.2, -0.15) is 0 Å². The molecule has 1 aromatic rings. The Hall–Kier alpha value is -2.00. The number of Topliss-reactive ketones (excluding diaryl/α,β-unsaturated/α-hetero) is 2. The van der Waals surface area contributed by atoms with Crippen LogP contribution in [0.2, 0.25) is 0 Å². The first kappa shape index (κ1) is 24.6. The number of rotatable bonds is 8. The lowest BCUT2D eigenvalue weighted by molar-refractivity contribution is -0.239. The molecule has 0 radical (unpaired) electrons. The van der Waals surface area contributed by atoms with E-state index in [0.717, 1.165) is 6.07 Å². The highest BCUT2D eigenvalue weighted by atomic mass is 16.7. The zero-order valence-corrected chi connectivity index (χ0v) is 19.2. The van der Waals surface area contributed by atoms with Crippen molar-refractivity contribution in [2.24, 2.45) is 17.8 Å². The highest BCUT2D eigenvalue weighted by molar-refractivity contribution is 6.05. The lowest BCUT2D eigenvalue weighted by Crippen LogP contribution is -2.55. The van der Waals surface area contributed by atoms with Gasteiger partial charge in [0.05, 0.1) is 23.9 Å². The number of aromatic hydroxyl groups is 2. The number of aliphatic hydroxyl groups excluding tert-OH is 2. The second-order valence-corrected chi connectivity index (χ2v) is 9.66. The van der Waals surface area contributed by atoms with Gasteiger partial charge in [-0.25, -0.2) is 0 Å². The number of carbonyl (C=O) groups is 2. The summed E-state index contributed by atoms with van der Waals surface area (Å²) in [6.07, 6.45) is -2.50. The number of hydrogen-bond donors (Lipinski definition) is 4. The summed E-state index contributed by atoms with van der Waals surface area (Å²) >= 11 is 0. The van der Waals surface area contributed by atoms with E-state index in [0.29, 0.717) is 12.8 Å². The molecule has 0 aliphatic carbocycles. The molecular formula is C24H34O8. The van der Waals surface area contributed by atoms with Crippen LogP contribution >= 0.6 is 0 Å². The van der Waals surface area contributed by atoms with E-state index in [1.54, 1.807) is 13.8 Å². The molecule has 0 amide bonds. The van der Waals surface area contributed by atoms with E-state index in [9.17, 15) is 30.0 Å². The van der Waals surface area contributed by atoms with Crippen molar-refractivity contribution in [1.82, 2.24) is 0 Å². The molecule has 1 unspecified atom stereocenters. The molecule has 3 rings (SSSR count). The van der Waals surface area contributed by atoms with Gasteiger partial charge in [-0.3, -0.25) is 9.59 Å². The molecule has 0 saturated carbocycles. The van der Waals surface area contributed by atoms with E-state index >= 15 is 0 Å². The lowest BCUT2D eigenvalue weighted by atomic mass is 9.79. The van der Waals surface area contributed by atoms with Crippen LogP contribution in [0.1, 0.15) is 74.6 Å². The zero-order chi connectivity index (χ0) is 24.0. The van der Waals surface area contributed by atoms with Crippen molar-refractivity contribution in [1.29, 1.82) is 0 Å². The Bertz CT molecular complexity index is 865. The Kier molecular flexibility index (Phi) is 7.00. The van der Waals surface area contributed by atoms with Crippen molar-refractivity contribution in [3.8, 4) is 11.5 Å². The summed E-state index contributed by atoms with van der Waals surface area (Å²) in [7, 11) is 0. The van der Waals surface area contributed by atoms with Gasteiger partial charge in [0, 0.05) is 23.8 Å². The van der Waals surface area contributed by atoms with Crippen LogP contribution in [0, 0.1) is 17.8 Å². The zero-order valence-electron chi connectivity index (χ0n) is 19.2. The van der Waals surface area contributed by atoms with Crippen LogP contribution in [0.25, 0.3) is 0 Å². The third-order valence-corrected chi connectivity index (χ3v) is 6.50. The van der Waals surface area contributed by atoms with E-state index < -0.39 is 47.3 Å². The highest BCUT2D eigenvalue weighted by Gasteiger charge is 2.68. The number of benzene rings is 1. The summed E-state index contributed by atoms with van der Waals surface area (Å²) < 4.78 is 11.3. The highest BCUT2D eigenvalue weighted by Crippen LogP contribution is 2.50. The summed E-state index contributed by atoms with van der Waals surface area (Å²) in [6, 6.07) is 2.44. The van der Waals surface area contributed by atoms with Gasteiger partial charge in [0.25, 0.3) is 0 Å². The second kappa shape index (κ2) is 9.09.